The Labute approximate surface area is 266 Å². The Morgan fingerprint density at radius 3 is 2.30 bits per heavy atom. The van der Waals surface area contributed by atoms with Crippen molar-refractivity contribution in [2.75, 3.05) is 0 Å². The van der Waals surface area contributed by atoms with Crippen molar-refractivity contribution in [3.63, 3.8) is 0 Å². The van der Waals surface area contributed by atoms with Crippen LogP contribution in [-0.2, 0) is 25.8 Å². The standard InChI is InChI=1S/C33H49N3O6S2/c1-20(2)15-27(37)30(38)25(16-22-11-7-5-8-12-22)35-32(39)26(17-24-18-43-19-34-24)36-33(40)29-28(23-13-9-6-10-14-23)31(29)44(41,42)21(3)4/h6,9-10,13-14,18-22,25-31,37-38H,5,7-8,11-12,15-17H2,1-4H3,(H,35,39)(H,36,40)/t25-,26-,27-,28+,29+,30+,31+/m0/s1. The summed E-state index contributed by atoms with van der Waals surface area (Å²) in [4.78, 5) is 32.1. The van der Waals surface area contributed by atoms with Crippen LogP contribution < -0.4 is 10.6 Å². The van der Waals surface area contributed by atoms with Gasteiger partial charge in [-0.25, -0.2) is 13.4 Å². The molecule has 1 heterocycles. The summed E-state index contributed by atoms with van der Waals surface area (Å²) in [7, 11) is -3.60. The monoisotopic (exact) mass is 647 g/mol. The molecule has 2 amide bonds. The summed E-state index contributed by atoms with van der Waals surface area (Å²) in [6.07, 6.45) is 4.27. The molecule has 2 aliphatic rings. The Morgan fingerprint density at radius 2 is 1.70 bits per heavy atom. The van der Waals surface area contributed by atoms with E-state index in [0.717, 1.165) is 31.2 Å². The lowest BCUT2D eigenvalue weighted by atomic mass is 9.82. The van der Waals surface area contributed by atoms with Crippen molar-refractivity contribution in [3.05, 3.63) is 52.5 Å². The summed E-state index contributed by atoms with van der Waals surface area (Å²) < 4.78 is 26.6. The number of carbonyl (C=O) groups excluding carboxylic acids is 2. The molecule has 9 nitrogen and oxygen atoms in total. The van der Waals surface area contributed by atoms with Crippen LogP contribution in [0, 0.1) is 17.8 Å². The van der Waals surface area contributed by atoms with Crippen LogP contribution in [0.2, 0.25) is 0 Å². The molecule has 0 aliphatic heterocycles. The molecule has 7 atom stereocenters. The highest BCUT2D eigenvalue weighted by molar-refractivity contribution is 7.93. The molecule has 1 aromatic carbocycles. The second-order valence-corrected chi connectivity index (χ2v) is 16.7. The Hall–Kier alpha value is -2.34. The second kappa shape index (κ2) is 15.3. The summed E-state index contributed by atoms with van der Waals surface area (Å²) in [5, 5.41) is 28.2. The molecule has 0 unspecified atom stereocenters. The number of rotatable bonds is 15. The van der Waals surface area contributed by atoms with E-state index in [-0.39, 0.29) is 12.3 Å². The average molecular weight is 648 g/mol. The summed E-state index contributed by atoms with van der Waals surface area (Å²) in [5.41, 5.74) is 3.06. The van der Waals surface area contributed by atoms with E-state index in [4.69, 9.17) is 0 Å². The van der Waals surface area contributed by atoms with E-state index >= 15 is 0 Å². The Kier molecular flexibility index (Phi) is 12.0. The topological polar surface area (TPSA) is 146 Å². The van der Waals surface area contributed by atoms with Crippen LogP contribution in [-0.4, -0.2) is 70.2 Å². The average Bonchev–Trinajstić information content (AvgIpc) is 3.56. The number of amides is 2. The van der Waals surface area contributed by atoms with Crippen LogP contribution in [0.25, 0.3) is 0 Å². The number of sulfone groups is 1. The lowest BCUT2D eigenvalue weighted by Crippen LogP contribution is -2.56. The first-order valence-corrected chi connectivity index (χ1v) is 18.6. The molecule has 0 saturated heterocycles. The minimum absolute atomic E-state index is 0.117. The van der Waals surface area contributed by atoms with Crippen molar-refractivity contribution >= 4 is 33.0 Å². The van der Waals surface area contributed by atoms with Gasteiger partial charge in [-0.3, -0.25) is 9.59 Å². The minimum atomic E-state index is -3.60. The summed E-state index contributed by atoms with van der Waals surface area (Å²) in [5.74, 6) is -1.82. The largest absolute Gasteiger partial charge is 0.390 e. The van der Waals surface area contributed by atoms with Crippen molar-refractivity contribution < 1.29 is 28.2 Å². The maximum atomic E-state index is 13.9. The number of benzene rings is 1. The third kappa shape index (κ3) is 8.68. The highest BCUT2D eigenvalue weighted by Gasteiger charge is 2.63. The number of carbonyl (C=O) groups is 2. The van der Waals surface area contributed by atoms with Crippen LogP contribution in [0.4, 0.5) is 0 Å². The zero-order chi connectivity index (χ0) is 32.0. The zero-order valence-electron chi connectivity index (χ0n) is 26.3. The molecule has 11 heteroatoms. The highest BCUT2D eigenvalue weighted by atomic mass is 32.2. The van der Waals surface area contributed by atoms with Gasteiger partial charge in [0.2, 0.25) is 11.8 Å². The Bertz CT molecular complexity index is 1310. The summed E-state index contributed by atoms with van der Waals surface area (Å²) in [6.45, 7) is 7.18. The molecule has 1 aromatic heterocycles. The molecular formula is C33H49N3O6S2. The van der Waals surface area contributed by atoms with Gasteiger partial charge in [0.1, 0.15) is 12.1 Å². The van der Waals surface area contributed by atoms with E-state index in [0.29, 0.717) is 24.5 Å². The van der Waals surface area contributed by atoms with Crippen molar-refractivity contribution in [2.24, 2.45) is 17.8 Å². The predicted octanol–water partition coefficient (Wildman–Crippen LogP) is 4.00. The van der Waals surface area contributed by atoms with Crippen molar-refractivity contribution in [2.45, 2.75) is 120 Å². The SMILES string of the molecule is CC(C)C[C@H](O)[C@H](O)[C@H](CC1CCCCC1)NC(=O)[C@H](Cc1cscn1)NC(=O)[C@@H]1[C@@H](c2ccccc2)[C@H]1S(=O)(=O)C(C)C. The molecule has 4 N–H and O–H groups in total. The molecule has 0 spiro atoms. The van der Waals surface area contributed by atoms with Crippen LogP contribution in [0.1, 0.15) is 89.8 Å². The lowest BCUT2D eigenvalue weighted by molar-refractivity contribution is -0.131. The molecule has 44 heavy (non-hydrogen) atoms. The molecule has 0 bridgehead atoms. The number of aliphatic hydroxyl groups is 2. The van der Waals surface area contributed by atoms with Gasteiger partial charge in [-0.15, -0.1) is 11.3 Å². The van der Waals surface area contributed by atoms with Crippen molar-refractivity contribution in [1.82, 2.24) is 15.6 Å². The number of nitrogens with one attached hydrogen (secondary N) is 2. The van der Waals surface area contributed by atoms with Gasteiger partial charge in [0.25, 0.3) is 0 Å². The van der Waals surface area contributed by atoms with Crippen LogP contribution in [0.3, 0.4) is 0 Å². The molecule has 2 saturated carbocycles. The lowest BCUT2D eigenvalue weighted by Gasteiger charge is -2.33. The van der Waals surface area contributed by atoms with Gasteiger partial charge < -0.3 is 20.8 Å². The van der Waals surface area contributed by atoms with E-state index in [1.165, 1.54) is 17.8 Å². The van der Waals surface area contributed by atoms with E-state index in [1.807, 2.05) is 49.6 Å². The van der Waals surface area contributed by atoms with Gasteiger partial charge >= 0.3 is 0 Å². The van der Waals surface area contributed by atoms with E-state index in [1.54, 1.807) is 19.4 Å². The van der Waals surface area contributed by atoms with Crippen molar-refractivity contribution in [1.29, 1.82) is 0 Å². The number of hydrogen-bond donors (Lipinski definition) is 4. The molecule has 2 aliphatic carbocycles. The number of aromatic nitrogens is 1. The Morgan fingerprint density at radius 1 is 1.02 bits per heavy atom. The maximum absolute atomic E-state index is 13.9. The normalized spacial score (nSPS) is 23.6. The summed E-state index contributed by atoms with van der Waals surface area (Å²) >= 11 is 1.38. The number of nitrogens with zero attached hydrogens (tertiary/aromatic N) is 1. The third-order valence-electron chi connectivity index (χ3n) is 9.17. The van der Waals surface area contributed by atoms with Crippen LogP contribution >= 0.6 is 11.3 Å². The van der Waals surface area contributed by atoms with Gasteiger partial charge in [0.15, 0.2) is 9.84 Å². The van der Waals surface area contributed by atoms with Gasteiger partial charge in [-0.05, 0) is 44.1 Å². The first-order valence-electron chi connectivity index (χ1n) is 16.0. The van der Waals surface area contributed by atoms with Crippen LogP contribution in [0.5, 0.6) is 0 Å². The number of aliphatic hydroxyl groups excluding tert-OH is 2. The molecule has 2 aromatic rings. The molecule has 0 radical (unpaired) electrons. The minimum Gasteiger partial charge on any atom is -0.390 e. The highest BCUT2D eigenvalue weighted by Crippen LogP contribution is 2.53. The van der Waals surface area contributed by atoms with E-state index in [2.05, 4.69) is 15.6 Å². The first kappa shape index (κ1) is 34.5. The smallest absolute Gasteiger partial charge is 0.243 e. The van der Waals surface area contributed by atoms with Crippen LogP contribution in [0.15, 0.2) is 41.2 Å². The molecule has 4 rings (SSSR count). The summed E-state index contributed by atoms with van der Waals surface area (Å²) in [6, 6.07) is 7.43. The van der Waals surface area contributed by atoms with Gasteiger partial charge in [0, 0.05) is 17.7 Å². The fourth-order valence-corrected chi connectivity index (χ4v) is 9.20. The van der Waals surface area contributed by atoms with E-state index < -0.39 is 68.3 Å². The fraction of sp³-hybridized carbons (Fsp3) is 0.667. The number of hydrogen-bond acceptors (Lipinski definition) is 8. The second-order valence-electron chi connectivity index (χ2n) is 13.4. The number of thiazole rings is 1. The predicted molar refractivity (Wildman–Crippen MR) is 173 cm³/mol. The maximum Gasteiger partial charge on any atom is 0.243 e. The van der Waals surface area contributed by atoms with Crippen molar-refractivity contribution in [3.8, 4) is 0 Å². The van der Waals surface area contributed by atoms with Gasteiger partial charge in [-0.1, -0.05) is 76.3 Å². The molecular weight excluding hydrogens is 599 g/mol. The van der Waals surface area contributed by atoms with Gasteiger partial charge in [-0.2, -0.15) is 0 Å². The fourth-order valence-electron chi connectivity index (χ4n) is 6.65. The quantitative estimate of drug-likeness (QED) is 0.229. The van der Waals surface area contributed by atoms with E-state index in [9.17, 15) is 28.2 Å². The molecule has 244 valence electrons. The molecule has 2 fully saturated rings. The Balaban J connectivity index is 1.56. The van der Waals surface area contributed by atoms with Gasteiger partial charge in [0.05, 0.1) is 39.8 Å². The third-order valence-corrected chi connectivity index (χ3v) is 12.5. The zero-order valence-corrected chi connectivity index (χ0v) is 27.9. The first-order chi connectivity index (χ1) is 20.9.